The van der Waals surface area contributed by atoms with Gasteiger partial charge in [-0.25, -0.2) is 4.39 Å². The number of ether oxygens (including phenoxy) is 2. The second-order valence-corrected chi connectivity index (χ2v) is 3.76. The lowest BCUT2D eigenvalue weighted by molar-refractivity contribution is 0.183. The minimum absolute atomic E-state index is 0.102. The van der Waals surface area contributed by atoms with Gasteiger partial charge in [0.05, 0.1) is 13.7 Å². The first-order valence-electron chi connectivity index (χ1n) is 5.19. The van der Waals surface area contributed by atoms with Crippen LogP contribution in [0.15, 0.2) is 12.1 Å². The normalized spacial score (nSPS) is 12.6. The monoisotopic (exact) mass is 227 g/mol. The molecule has 1 aromatic rings. The Labute approximate surface area is 95.4 Å². The quantitative estimate of drug-likeness (QED) is 0.837. The van der Waals surface area contributed by atoms with Crippen molar-refractivity contribution in [3.05, 3.63) is 29.1 Å². The Balaban J connectivity index is 3.18. The van der Waals surface area contributed by atoms with Gasteiger partial charge in [-0.15, -0.1) is 0 Å². The van der Waals surface area contributed by atoms with E-state index in [2.05, 4.69) is 0 Å². The van der Waals surface area contributed by atoms with Crippen LogP contribution in [0.4, 0.5) is 4.39 Å². The van der Waals surface area contributed by atoms with Crippen LogP contribution < -0.4 is 10.5 Å². The molecule has 0 aliphatic rings. The van der Waals surface area contributed by atoms with Crippen LogP contribution in [0.1, 0.15) is 24.0 Å². The van der Waals surface area contributed by atoms with Crippen molar-refractivity contribution in [3.63, 3.8) is 0 Å². The summed E-state index contributed by atoms with van der Waals surface area (Å²) in [6.45, 7) is 2.86. The molecule has 0 saturated carbocycles. The fraction of sp³-hybridized carbons (Fsp3) is 0.500. The molecule has 16 heavy (non-hydrogen) atoms. The summed E-state index contributed by atoms with van der Waals surface area (Å²) >= 11 is 0. The molecular weight excluding hydrogens is 209 g/mol. The minimum Gasteiger partial charge on any atom is -0.494 e. The van der Waals surface area contributed by atoms with Crippen molar-refractivity contribution in [2.24, 2.45) is 5.73 Å². The summed E-state index contributed by atoms with van der Waals surface area (Å²) in [5.74, 6) is -0.0248. The molecule has 2 N–H and O–H groups in total. The zero-order valence-electron chi connectivity index (χ0n) is 9.92. The van der Waals surface area contributed by atoms with E-state index in [4.69, 9.17) is 15.2 Å². The maximum absolute atomic E-state index is 13.6. The minimum atomic E-state index is -0.363. The van der Waals surface area contributed by atoms with Crippen molar-refractivity contribution < 1.29 is 13.9 Å². The highest BCUT2D eigenvalue weighted by molar-refractivity contribution is 5.38. The lowest BCUT2D eigenvalue weighted by Crippen LogP contribution is -2.12. The zero-order chi connectivity index (χ0) is 12.1. The van der Waals surface area contributed by atoms with E-state index < -0.39 is 0 Å². The molecule has 0 bridgehead atoms. The van der Waals surface area contributed by atoms with E-state index in [0.29, 0.717) is 13.2 Å². The second kappa shape index (κ2) is 5.82. The van der Waals surface area contributed by atoms with Crippen LogP contribution in [0.25, 0.3) is 0 Å². The van der Waals surface area contributed by atoms with Crippen LogP contribution in [-0.4, -0.2) is 20.8 Å². The van der Waals surface area contributed by atoms with Crippen LogP contribution in [0.5, 0.6) is 5.75 Å². The Bertz CT molecular complexity index is 355. The number of hydrogen-bond acceptors (Lipinski definition) is 3. The molecule has 0 spiro atoms. The summed E-state index contributed by atoms with van der Waals surface area (Å²) in [5, 5.41) is 0. The summed E-state index contributed by atoms with van der Waals surface area (Å²) in [5.41, 5.74) is 7.39. The van der Waals surface area contributed by atoms with Crippen molar-refractivity contribution in [1.82, 2.24) is 0 Å². The lowest BCUT2D eigenvalue weighted by Gasteiger charge is -2.16. The Morgan fingerprint density at radius 1 is 1.38 bits per heavy atom. The molecular formula is C12H18FNO2. The van der Waals surface area contributed by atoms with Gasteiger partial charge in [-0.1, -0.05) is 6.92 Å². The van der Waals surface area contributed by atoms with E-state index in [9.17, 15) is 4.39 Å². The molecule has 0 aliphatic heterocycles. The predicted molar refractivity (Wildman–Crippen MR) is 61.1 cm³/mol. The zero-order valence-corrected chi connectivity index (χ0v) is 9.92. The van der Waals surface area contributed by atoms with Gasteiger partial charge in [0.15, 0.2) is 11.6 Å². The van der Waals surface area contributed by atoms with Crippen LogP contribution in [0.3, 0.4) is 0 Å². The third kappa shape index (κ3) is 2.71. The van der Waals surface area contributed by atoms with Gasteiger partial charge in [0.1, 0.15) is 0 Å². The van der Waals surface area contributed by atoms with Crippen molar-refractivity contribution in [2.75, 3.05) is 20.8 Å². The molecule has 90 valence electrons. The van der Waals surface area contributed by atoms with Crippen molar-refractivity contribution in [2.45, 2.75) is 19.4 Å². The van der Waals surface area contributed by atoms with Gasteiger partial charge in [0, 0.05) is 7.11 Å². The molecule has 4 heteroatoms. The topological polar surface area (TPSA) is 44.5 Å². The van der Waals surface area contributed by atoms with Crippen molar-refractivity contribution in [1.29, 1.82) is 0 Å². The third-order valence-electron chi connectivity index (χ3n) is 2.60. The number of rotatable bonds is 5. The summed E-state index contributed by atoms with van der Waals surface area (Å²) in [6, 6.07) is 3.14. The summed E-state index contributed by atoms with van der Waals surface area (Å²) in [6.07, 6.45) is 0. The molecule has 1 aromatic carbocycles. The molecule has 3 nitrogen and oxygen atoms in total. The molecule has 0 fully saturated rings. The van der Waals surface area contributed by atoms with Gasteiger partial charge in [-0.05, 0) is 35.7 Å². The van der Waals surface area contributed by atoms with E-state index in [1.54, 1.807) is 13.2 Å². The molecule has 0 aliphatic carbocycles. The van der Waals surface area contributed by atoms with Crippen LogP contribution >= 0.6 is 0 Å². The number of nitrogens with two attached hydrogens (primary N) is 1. The second-order valence-electron chi connectivity index (χ2n) is 3.76. The Kier molecular flexibility index (Phi) is 4.71. The number of hydrogen-bond donors (Lipinski definition) is 1. The van der Waals surface area contributed by atoms with Crippen LogP contribution in [0.2, 0.25) is 0 Å². The summed E-state index contributed by atoms with van der Waals surface area (Å²) in [4.78, 5) is 0. The van der Waals surface area contributed by atoms with E-state index in [1.807, 2.05) is 6.92 Å². The highest BCUT2D eigenvalue weighted by Gasteiger charge is 2.14. The number of halogens is 1. The molecule has 0 heterocycles. The number of methoxy groups -OCH3 is 2. The summed E-state index contributed by atoms with van der Waals surface area (Å²) in [7, 11) is 3.05. The van der Waals surface area contributed by atoms with E-state index >= 15 is 0 Å². The Hall–Kier alpha value is -1.13. The number of benzene rings is 1. The first-order chi connectivity index (χ1) is 7.63. The van der Waals surface area contributed by atoms with E-state index in [1.165, 1.54) is 13.2 Å². The molecule has 0 aromatic heterocycles. The average molecular weight is 227 g/mol. The third-order valence-corrected chi connectivity index (χ3v) is 2.60. The maximum atomic E-state index is 13.6. The van der Waals surface area contributed by atoms with E-state index in [-0.39, 0.29) is 17.5 Å². The van der Waals surface area contributed by atoms with E-state index in [0.717, 1.165) is 11.1 Å². The van der Waals surface area contributed by atoms with Gasteiger partial charge in [0.2, 0.25) is 0 Å². The maximum Gasteiger partial charge on any atom is 0.165 e. The molecule has 0 radical (unpaired) electrons. The molecule has 0 amide bonds. The van der Waals surface area contributed by atoms with Gasteiger partial charge >= 0.3 is 0 Å². The average Bonchev–Trinajstić information content (AvgIpc) is 2.30. The molecule has 1 atom stereocenters. The van der Waals surface area contributed by atoms with Gasteiger partial charge < -0.3 is 15.2 Å². The van der Waals surface area contributed by atoms with Gasteiger partial charge in [0.25, 0.3) is 0 Å². The van der Waals surface area contributed by atoms with Gasteiger partial charge in [-0.3, -0.25) is 0 Å². The molecule has 0 saturated heterocycles. The first-order valence-corrected chi connectivity index (χ1v) is 5.19. The lowest BCUT2D eigenvalue weighted by atomic mass is 9.95. The highest BCUT2D eigenvalue weighted by atomic mass is 19.1. The molecule has 1 rings (SSSR count). The Morgan fingerprint density at radius 2 is 2.06 bits per heavy atom. The smallest absolute Gasteiger partial charge is 0.165 e. The van der Waals surface area contributed by atoms with Crippen molar-refractivity contribution >= 4 is 0 Å². The largest absolute Gasteiger partial charge is 0.494 e. The first kappa shape index (κ1) is 12.9. The standard InChI is InChI=1S/C12H18FNO2/c1-8(6-14)10-5-11(13)12(16-3)4-9(10)7-15-2/h4-5,8H,6-7,14H2,1-3H3. The predicted octanol–water partition coefficient (Wildman–Crippen LogP) is 2.04. The fourth-order valence-electron chi connectivity index (χ4n) is 1.63. The van der Waals surface area contributed by atoms with Crippen molar-refractivity contribution in [3.8, 4) is 5.75 Å². The summed E-state index contributed by atoms with van der Waals surface area (Å²) < 4.78 is 23.6. The Morgan fingerprint density at radius 3 is 2.56 bits per heavy atom. The van der Waals surface area contributed by atoms with Gasteiger partial charge in [-0.2, -0.15) is 0 Å². The fourth-order valence-corrected chi connectivity index (χ4v) is 1.63. The SMILES string of the molecule is COCc1cc(OC)c(F)cc1C(C)CN. The van der Waals surface area contributed by atoms with Crippen LogP contribution in [0, 0.1) is 5.82 Å². The highest BCUT2D eigenvalue weighted by Crippen LogP contribution is 2.27. The van der Waals surface area contributed by atoms with Crippen LogP contribution in [-0.2, 0) is 11.3 Å². The molecule has 1 unspecified atom stereocenters.